The molecule has 444 valence electrons. The number of aliphatic hydroxyl groups excluding tert-OH is 3. The molecule has 13 heteroatoms. The number of cyclic esters (lactones) is 1. The summed E-state index contributed by atoms with van der Waals surface area (Å²) in [5.74, 6) is -3.32. The van der Waals surface area contributed by atoms with Gasteiger partial charge in [0, 0.05) is 24.9 Å². The van der Waals surface area contributed by atoms with E-state index in [2.05, 4.69) is 96.1 Å². The summed E-state index contributed by atoms with van der Waals surface area (Å²) in [6, 6.07) is 20.5. The number of amides is 1. The lowest BCUT2D eigenvalue weighted by Gasteiger charge is -2.46. The Balaban J connectivity index is 1.21. The molecule has 0 radical (unpaired) electrons. The molecule has 79 heavy (non-hydrogen) atoms. The van der Waals surface area contributed by atoms with Crippen LogP contribution in [0.25, 0.3) is 0 Å². The average Bonchev–Trinajstić information content (AvgIpc) is 3.45. The molecule has 5 N–H and O–H groups in total. The molecule has 3 aromatic rings. The predicted octanol–water partition coefficient (Wildman–Crippen LogP) is 10.0. The van der Waals surface area contributed by atoms with Crippen LogP contribution >= 0.6 is 7.26 Å². The third-order valence-corrected chi connectivity index (χ3v) is 22.0. The molecule has 0 aromatic heterocycles. The minimum Gasteiger partial charge on any atom is -0.459 e. The summed E-state index contributed by atoms with van der Waals surface area (Å²) in [5.41, 5.74) is 4.28. The minimum absolute atomic E-state index is 0.0964. The number of esters is 1. The van der Waals surface area contributed by atoms with Crippen LogP contribution in [0.5, 0.6) is 0 Å². The molecule has 0 bridgehead atoms. The number of hydrogen-bond acceptors (Lipinski definition) is 11. The fourth-order valence-corrected chi connectivity index (χ4v) is 18.3. The van der Waals surface area contributed by atoms with Crippen molar-refractivity contribution >= 4 is 35.1 Å². The van der Waals surface area contributed by atoms with Crippen LogP contribution < -0.4 is 15.9 Å². The highest BCUT2D eigenvalue weighted by molar-refractivity contribution is 7.95. The van der Waals surface area contributed by atoms with Crippen molar-refractivity contribution in [1.82, 2.24) is 9.80 Å². The van der Waals surface area contributed by atoms with E-state index < -0.39 is 79.1 Å². The number of aryl methyl sites for hydroxylation is 6. The molecular weight excluding hydrogens is 1010 g/mol. The van der Waals surface area contributed by atoms with Crippen LogP contribution in [-0.4, -0.2) is 140 Å². The Labute approximate surface area is 477 Å². The van der Waals surface area contributed by atoms with E-state index in [-0.39, 0.29) is 49.8 Å². The molecule has 1 amide bonds. The largest absolute Gasteiger partial charge is 0.459 e. The van der Waals surface area contributed by atoms with Crippen molar-refractivity contribution in [2.45, 2.75) is 253 Å². The molecule has 5 rings (SSSR count). The molecule has 3 aromatic carbocycles. The average molecular weight is 1120 g/mol. The zero-order valence-corrected chi connectivity index (χ0v) is 52.5. The van der Waals surface area contributed by atoms with Crippen LogP contribution in [0.15, 0.2) is 54.6 Å². The molecule has 2 aliphatic heterocycles. The summed E-state index contributed by atoms with van der Waals surface area (Å²) >= 11 is 0. The number of hydrogen-bond donors (Lipinski definition) is 5. The summed E-state index contributed by atoms with van der Waals surface area (Å²) < 4.78 is 18.6. The highest BCUT2D eigenvalue weighted by Gasteiger charge is 2.51. The van der Waals surface area contributed by atoms with Gasteiger partial charge in [-0.1, -0.05) is 83.9 Å². The number of ether oxygens (including phenoxy) is 3. The van der Waals surface area contributed by atoms with Gasteiger partial charge in [-0.15, -0.1) is 0 Å². The van der Waals surface area contributed by atoms with Gasteiger partial charge in [0.15, 0.2) is 6.29 Å². The van der Waals surface area contributed by atoms with E-state index in [1.54, 1.807) is 32.6 Å². The van der Waals surface area contributed by atoms with Crippen LogP contribution in [0, 0.1) is 59.3 Å². The molecule has 2 fully saturated rings. The monoisotopic (exact) mass is 1120 g/mol. The van der Waals surface area contributed by atoms with Gasteiger partial charge in [0.2, 0.25) is 5.91 Å². The third-order valence-electron chi connectivity index (χ3n) is 17.6. The number of carbonyl (C=O) groups is 2. The molecule has 2 aliphatic rings. The number of carbonyl (C=O) groups excluding carboxylic acids is 2. The van der Waals surface area contributed by atoms with Crippen molar-refractivity contribution in [2.75, 3.05) is 26.8 Å². The van der Waals surface area contributed by atoms with Gasteiger partial charge < -0.3 is 49.5 Å². The number of rotatable bonds is 20. The minimum atomic E-state index is -1.97. The van der Waals surface area contributed by atoms with Crippen LogP contribution in [0.2, 0.25) is 0 Å². The molecular formula is C66H106N2O10P+. The van der Waals surface area contributed by atoms with Crippen molar-refractivity contribution in [1.29, 1.82) is 0 Å². The van der Waals surface area contributed by atoms with E-state index in [9.17, 15) is 35.1 Å². The van der Waals surface area contributed by atoms with E-state index in [0.717, 1.165) is 31.8 Å². The molecule has 2 saturated heterocycles. The smallest absolute Gasteiger partial charge is 0.311 e. The fourth-order valence-electron chi connectivity index (χ4n) is 13.4. The number of unbranched alkanes of at least 4 members (excludes halogenated alkanes) is 9. The van der Waals surface area contributed by atoms with Gasteiger partial charge in [-0.25, -0.2) is 0 Å². The van der Waals surface area contributed by atoms with Gasteiger partial charge >= 0.3 is 5.97 Å². The molecule has 14 atom stereocenters. The predicted molar refractivity (Wildman–Crippen MR) is 323 cm³/mol. The summed E-state index contributed by atoms with van der Waals surface area (Å²) in [6.07, 6.45) is 5.25. The van der Waals surface area contributed by atoms with Gasteiger partial charge in [0.25, 0.3) is 0 Å². The third kappa shape index (κ3) is 17.2. The first-order chi connectivity index (χ1) is 37.0. The SMILES string of the molecule is CC[C@H]1OC(=O)[C@H](C)[C@@H](O)[C@H](C)[C@@H](O[C@@H]2O[C@H](C)C[C@H](N(C)C)[C@H]2O)[C@](C)(O)C[C@@H](C)CN(C(=O)CCCCCCCCCCCC[P+](c2cc(C)cc(C)c2)(c2cc(C)cc(C)c2)c2cc(C)cc(C)c2)[C@H](C)[C@@H](O)[C@]1(C)O. The summed E-state index contributed by atoms with van der Waals surface area (Å²) in [4.78, 5) is 31.8. The van der Waals surface area contributed by atoms with Gasteiger partial charge in [0.05, 0.1) is 42.0 Å². The summed E-state index contributed by atoms with van der Waals surface area (Å²) in [6.45, 7) is 27.1. The Morgan fingerprint density at radius 1 is 0.696 bits per heavy atom. The van der Waals surface area contributed by atoms with Crippen LogP contribution in [0.1, 0.15) is 179 Å². The van der Waals surface area contributed by atoms with E-state index >= 15 is 0 Å². The Bertz CT molecular complexity index is 2240. The fraction of sp³-hybridized carbons (Fsp3) is 0.697. The highest BCUT2D eigenvalue weighted by Crippen LogP contribution is 2.57. The van der Waals surface area contributed by atoms with Gasteiger partial charge in [-0.05, 0) is 204 Å². The second-order valence-electron chi connectivity index (χ2n) is 25.6. The lowest BCUT2D eigenvalue weighted by atomic mass is 9.78. The van der Waals surface area contributed by atoms with Crippen LogP contribution in [0.3, 0.4) is 0 Å². The second kappa shape index (κ2) is 29.3. The maximum absolute atomic E-state index is 14.4. The van der Waals surface area contributed by atoms with Crippen LogP contribution in [0.4, 0.5) is 0 Å². The number of aliphatic hydroxyl groups is 5. The lowest BCUT2D eigenvalue weighted by Crippen LogP contribution is -2.60. The van der Waals surface area contributed by atoms with Crippen molar-refractivity contribution in [2.24, 2.45) is 17.8 Å². The molecule has 0 unspecified atom stereocenters. The maximum atomic E-state index is 14.4. The van der Waals surface area contributed by atoms with Crippen molar-refractivity contribution in [3.05, 3.63) is 88.0 Å². The summed E-state index contributed by atoms with van der Waals surface area (Å²) in [7, 11) is 1.78. The topological polar surface area (TPSA) is 169 Å². The molecule has 0 spiro atoms. The molecule has 2 heterocycles. The van der Waals surface area contributed by atoms with Gasteiger partial charge in [-0.2, -0.15) is 0 Å². The maximum Gasteiger partial charge on any atom is 0.311 e. The first-order valence-electron chi connectivity index (χ1n) is 30.1. The standard InChI is InChI=1S/C66H106N2O10P/c1-17-57-66(14,75)61(72)52(12)68(41-48(8)40-65(13,74)62(50(10)59(70)51(11)63(73)77-57)78-64-60(71)56(67(15)16)39-49(9)76-64)58(69)28-26-24-22-20-18-19-21-23-25-27-29-79(53-33-42(2)30-43(3)34-53,54-35-44(4)31-45(5)36-54)55-37-46(6)32-47(7)38-55/h30-38,48-52,56-57,59-62,64,70-72,74-75H,17-29,39-41H2,1-16H3/q+1/t48-,49-,50+,51-,52-,56+,57-,59+,60-,61-,62-,64+,65-,66-/m1/s1. The zero-order chi connectivity index (χ0) is 58.7. The Morgan fingerprint density at radius 2 is 1.14 bits per heavy atom. The van der Waals surface area contributed by atoms with Crippen molar-refractivity contribution < 1.29 is 49.3 Å². The lowest BCUT2D eigenvalue weighted by molar-refractivity contribution is -0.299. The molecule has 12 nitrogen and oxygen atoms in total. The molecule has 0 saturated carbocycles. The Hall–Kier alpha value is -3.29. The van der Waals surface area contributed by atoms with E-state index in [1.807, 2.05) is 32.8 Å². The van der Waals surface area contributed by atoms with Gasteiger partial charge in [-0.3, -0.25) is 9.59 Å². The summed E-state index contributed by atoms with van der Waals surface area (Å²) in [5, 5.41) is 64.2. The quantitative estimate of drug-likeness (QED) is 0.0415. The Kier molecular flexibility index (Phi) is 24.7. The first-order valence-corrected chi connectivity index (χ1v) is 32.1. The number of likely N-dealkylation sites (N-methyl/N-ethyl adjacent to an activating group) is 1. The van der Waals surface area contributed by atoms with E-state index in [0.29, 0.717) is 12.8 Å². The number of nitrogens with zero attached hydrogens (tertiary/aromatic N) is 2. The van der Waals surface area contributed by atoms with Crippen molar-refractivity contribution in [3.63, 3.8) is 0 Å². The van der Waals surface area contributed by atoms with E-state index in [1.165, 1.54) is 95.2 Å². The zero-order valence-electron chi connectivity index (χ0n) is 51.6. The number of benzene rings is 3. The first kappa shape index (κ1) is 66.5. The van der Waals surface area contributed by atoms with Crippen molar-refractivity contribution in [3.8, 4) is 0 Å². The molecule has 0 aliphatic carbocycles. The van der Waals surface area contributed by atoms with Gasteiger partial charge in [0.1, 0.15) is 47.1 Å². The highest BCUT2D eigenvalue weighted by atomic mass is 31.2. The van der Waals surface area contributed by atoms with Crippen LogP contribution in [-0.2, 0) is 23.8 Å². The van der Waals surface area contributed by atoms with E-state index in [4.69, 9.17) is 14.2 Å². The second-order valence-corrected chi connectivity index (χ2v) is 29.2. The normalized spacial score (nSPS) is 30.7. The Morgan fingerprint density at radius 3 is 1.58 bits per heavy atom.